The van der Waals surface area contributed by atoms with E-state index in [0.29, 0.717) is 13.0 Å². The maximum absolute atomic E-state index is 11.8. The molecule has 1 aliphatic rings. The van der Waals surface area contributed by atoms with Gasteiger partial charge < -0.3 is 9.84 Å². The summed E-state index contributed by atoms with van der Waals surface area (Å²) in [7, 11) is 0. The molecule has 2 unspecified atom stereocenters. The van der Waals surface area contributed by atoms with Gasteiger partial charge in [-0.25, -0.2) is 0 Å². The molecule has 18 heavy (non-hydrogen) atoms. The Kier molecular flexibility index (Phi) is 3.48. The van der Waals surface area contributed by atoms with Gasteiger partial charge in [0.1, 0.15) is 5.92 Å². The number of ether oxygens (including phenoxy) is 1. The van der Waals surface area contributed by atoms with E-state index in [1.165, 1.54) is 0 Å². The van der Waals surface area contributed by atoms with Gasteiger partial charge in [0.05, 0.1) is 6.61 Å². The number of carbonyl (C=O) groups excluding carboxylic acids is 1. The largest absolute Gasteiger partial charge is 0.466 e. The molecule has 0 bridgehead atoms. The van der Waals surface area contributed by atoms with Gasteiger partial charge in [-0.15, -0.1) is 0 Å². The van der Waals surface area contributed by atoms with Crippen LogP contribution in [-0.2, 0) is 9.53 Å². The molecular weight excluding hydrogens is 230 g/mol. The molecule has 0 aromatic heterocycles. The molecule has 0 saturated carbocycles. The number of nitrogens with zero attached hydrogens (tertiary/aromatic N) is 1. The Morgan fingerprint density at radius 3 is 2.78 bits per heavy atom. The summed E-state index contributed by atoms with van der Waals surface area (Å²) in [4.78, 5) is 16.0. The monoisotopic (exact) mass is 247 g/mol. The van der Waals surface area contributed by atoms with Gasteiger partial charge in [0.15, 0.2) is 5.72 Å². The van der Waals surface area contributed by atoms with Gasteiger partial charge >= 0.3 is 5.97 Å². The molecule has 0 radical (unpaired) electrons. The fourth-order valence-electron chi connectivity index (χ4n) is 2.15. The quantitative estimate of drug-likeness (QED) is 0.828. The highest BCUT2D eigenvalue weighted by atomic mass is 16.5. The molecule has 4 heteroatoms. The number of carbonyl (C=O) groups is 1. The first-order chi connectivity index (χ1) is 8.54. The van der Waals surface area contributed by atoms with Crippen LogP contribution in [0.25, 0.3) is 0 Å². The van der Waals surface area contributed by atoms with Gasteiger partial charge in [-0.2, -0.15) is 0 Å². The van der Waals surface area contributed by atoms with E-state index in [-0.39, 0.29) is 0 Å². The first-order valence-corrected chi connectivity index (χ1v) is 6.07. The number of benzene rings is 1. The average Bonchev–Trinajstić information content (AvgIpc) is 2.67. The fourth-order valence-corrected chi connectivity index (χ4v) is 2.15. The molecule has 2 atom stereocenters. The third kappa shape index (κ3) is 2.43. The zero-order valence-corrected chi connectivity index (χ0v) is 10.6. The van der Waals surface area contributed by atoms with E-state index in [1.54, 1.807) is 13.8 Å². The van der Waals surface area contributed by atoms with Gasteiger partial charge in [-0.3, -0.25) is 9.79 Å². The van der Waals surface area contributed by atoms with E-state index in [0.717, 1.165) is 11.3 Å². The molecule has 2 rings (SSSR count). The topological polar surface area (TPSA) is 58.9 Å². The minimum Gasteiger partial charge on any atom is -0.466 e. The van der Waals surface area contributed by atoms with E-state index >= 15 is 0 Å². The van der Waals surface area contributed by atoms with Crippen LogP contribution in [0.4, 0.5) is 0 Å². The van der Waals surface area contributed by atoms with Crippen molar-refractivity contribution in [2.75, 3.05) is 6.61 Å². The second-order valence-corrected chi connectivity index (χ2v) is 4.53. The van der Waals surface area contributed by atoms with Crippen LogP contribution in [0.5, 0.6) is 0 Å². The number of aliphatic hydroxyl groups is 1. The van der Waals surface area contributed by atoms with Crippen LogP contribution in [0, 0.1) is 5.92 Å². The predicted octanol–water partition coefficient (Wildman–Crippen LogP) is 1.77. The smallest absolute Gasteiger partial charge is 0.314 e. The number of aliphatic imine (C=N–C) groups is 1. The number of esters is 1. The van der Waals surface area contributed by atoms with E-state index in [4.69, 9.17) is 4.74 Å². The lowest BCUT2D eigenvalue weighted by atomic mass is 9.94. The van der Waals surface area contributed by atoms with Crippen molar-refractivity contribution in [3.63, 3.8) is 0 Å². The zero-order valence-electron chi connectivity index (χ0n) is 10.6. The standard InChI is InChI=1S/C14H17NO3/c1-3-18-13(16)11-9-12(15-14(11,2)17)10-7-5-4-6-8-10/h4-8,11,17H,3,9H2,1-2H3. The molecule has 1 aromatic rings. The lowest BCUT2D eigenvalue weighted by Gasteiger charge is -2.20. The number of rotatable bonds is 3. The Bertz CT molecular complexity index is 465. The Labute approximate surface area is 106 Å². The van der Waals surface area contributed by atoms with Gasteiger partial charge in [-0.05, 0) is 19.4 Å². The molecule has 1 aromatic carbocycles. The van der Waals surface area contributed by atoms with Crippen molar-refractivity contribution in [1.82, 2.24) is 0 Å². The highest BCUT2D eigenvalue weighted by molar-refractivity contribution is 6.04. The van der Waals surface area contributed by atoms with Crippen molar-refractivity contribution in [3.05, 3.63) is 35.9 Å². The lowest BCUT2D eigenvalue weighted by Crippen LogP contribution is -2.35. The summed E-state index contributed by atoms with van der Waals surface area (Å²) in [6.07, 6.45) is 0.413. The van der Waals surface area contributed by atoms with Crippen LogP contribution in [0.15, 0.2) is 35.3 Å². The molecule has 1 aliphatic heterocycles. The minimum absolute atomic E-state index is 0.312. The minimum atomic E-state index is -1.38. The summed E-state index contributed by atoms with van der Waals surface area (Å²) in [6, 6.07) is 9.57. The molecule has 96 valence electrons. The second kappa shape index (κ2) is 4.90. The Morgan fingerprint density at radius 1 is 1.50 bits per heavy atom. The van der Waals surface area contributed by atoms with Gasteiger partial charge in [0, 0.05) is 12.1 Å². The van der Waals surface area contributed by atoms with Gasteiger partial charge in [0.2, 0.25) is 0 Å². The summed E-state index contributed by atoms with van der Waals surface area (Å²) < 4.78 is 4.97. The zero-order chi connectivity index (χ0) is 13.2. The van der Waals surface area contributed by atoms with Crippen LogP contribution >= 0.6 is 0 Å². The summed E-state index contributed by atoms with van der Waals surface area (Å²) in [5.74, 6) is -1.01. The maximum atomic E-state index is 11.8. The van der Waals surface area contributed by atoms with Gasteiger partial charge in [-0.1, -0.05) is 30.3 Å². The Hall–Kier alpha value is -1.68. The van der Waals surface area contributed by atoms with E-state index < -0.39 is 17.6 Å². The van der Waals surface area contributed by atoms with Crippen LogP contribution < -0.4 is 0 Å². The van der Waals surface area contributed by atoms with E-state index in [9.17, 15) is 9.90 Å². The molecule has 0 saturated heterocycles. The fraction of sp³-hybridized carbons (Fsp3) is 0.429. The third-order valence-electron chi connectivity index (χ3n) is 3.10. The molecule has 1 N–H and O–H groups in total. The van der Waals surface area contributed by atoms with Crippen molar-refractivity contribution in [1.29, 1.82) is 0 Å². The second-order valence-electron chi connectivity index (χ2n) is 4.53. The highest BCUT2D eigenvalue weighted by Gasteiger charge is 2.44. The van der Waals surface area contributed by atoms with Crippen molar-refractivity contribution >= 4 is 11.7 Å². The molecule has 0 fully saturated rings. The summed E-state index contributed by atoms with van der Waals surface area (Å²) in [5.41, 5.74) is 0.306. The van der Waals surface area contributed by atoms with Crippen LogP contribution in [0.3, 0.4) is 0 Å². The normalized spacial score (nSPS) is 26.8. The molecular formula is C14H17NO3. The van der Waals surface area contributed by atoms with Crippen molar-refractivity contribution in [2.24, 2.45) is 10.9 Å². The average molecular weight is 247 g/mol. The predicted molar refractivity (Wildman–Crippen MR) is 68.3 cm³/mol. The van der Waals surface area contributed by atoms with Crippen molar-refractivity contribution in [3.8, 4) is 0 Å². The van der Waals surface area contributed by atoms with E-state index in [2.05, 4.69) is 4.99 Å². The molecule has 0 amide bonds. The SMILES string of the molecule is CCOC(=O)C1CC(c2ccccc2)=NC1(C)O. The summed E-state index contributed by atoms with van der Waals surface area (Å²) >= 11 is 0. The molecule has 1 heterocycles. The number of hydrogen-bond donors (Lipinski definition) is 1. The molecule has 0 spiro atoms. The maximum Gasteiger partial charge on any atom is 0.314 e. The Balaban J connectivity index is 2.21. The molecule has 0 aliphatic carbocycles. The third-order valence-corrected chi connectivity index (χ3v) is 3.10. The molecule has 4 nitrogen and oxygen atoms in total. The first kappa shape index (κ1) is 12.8. The number of hydrogen-bond acceptors (Lipinski definition) is 4. The Morgan fingerprint density at radius 2 is 2.17 bits per heavy atom. The summed E-state index contributed by atoms with van der Waals surface area (Å²) in [6.45, 7) is 3.61. The lowest BCUT2D eigenvalue weighted by molar-refractivity contribution is -0.155. The van der Waals surface area contributed by atoms with Crippen molar-refractivity contribution in [2.45, 2.75) is 26.0 Å². The van der Waals surface area contributed by atoms with Crippen molar-refractivity contribution < 1.29 is 14.6 Å². The summed E-state index contributed by atoms with van der Waals surface area (Å²) in [5, 5.41) is 10.2. The first-order valence-electron chi connectivity index (χ1n) is 6.07. The highest BCUT2D eigenvalue weighted by Crippen LogP contribution is 2.32. The van der Waals surface area contributed by atoms with Crippen LogP contribution in [-0.4, -0.2) is 29.1 Å². The van der Waals surface area contributed by atoms with E-state index in [1.807, 2.05) is 30.3 Å². The van der Waals surface area contributed by atoms with Crippen LogP contribution in [0.2, 0.25) is 0 Å². The van der Waals surface area contributed by atoms with Crippen LogP contribution in [0.1, 0.15) is 25.8 Å². The van der Waals surface area contributed by atoms with Gasteiger partial charge in [0.25, 0.3) is 0 Å².